The number of carboxylic acid groups (broad SMARTS) is 1. The van der Waals surface area contributed by atoms with Gasteiger partial charge in [0.1, 0.15) is 12.1 Å². The molecule has 0 rings (SSSR count). The summed E-state index contributed by atoms with van der Waals surface area (Å²) in [6, 6.07) is 0. The molecule has 0 aliphatic heterocycles. The molecular weight excluding hydrogens is 354 g/mol. The minimum atomic E-state index is -1.36. The Morgan fingerprint density at radius 1 is 0.857 bits per heavy atom. The van der Waals surface area contributed by atoms with E-state index in [1.54, 1.807) is 0 Å². The Morgan fingerprint density at radius 3 is 1.68 bits per heavy atom. The average Bonchev–Trinajstić information content (AvgIpc) is 2.52. The van der Waals surface area contributed by atoms with Crippen LogP contribution in [0.1, 0.15) is 103 Å². The number of likely N-dealkylation sites (N-methyl/N-ethyl adjacent to an activating group) is 1. The summed E-state index contributed by atoms with van der Waals surface area (Å²) >= 11 is 0. The van der Waals surface area contributed by atoms with Crippen LogP contribution in [0.2, 0.25) is 0 Å². The van der Waals surface area contributed by atoms with Crippen molar-refractivity contribution < 1.29 is 24.6 Å². The maximum atomic E-state index is 11.1. The molecule has 0 heterocycles. The van der Waals surface area contributed by atoms with Crippen LogP contribution in [0.4, 0.5) is 0 Å². The molecule has 0 aromatic heterocycles. The zero-order valence-electron chi connectivity index (χ0n) is 19.1. The summed E-state index contributed by atoms with van der Waals surface area (Å²) < 4.78 is 0.467. The summed E-state index contributed by atoms with van der Waals surface area (Å²) in [5.74, 6) is -1.02. The van der Waals surface area contributed by atoms with Gasteiger partial charge >= 0.3 is 5.97 Å². The van der Waals surface area contributed by atoms with Crippen molar-refractivity contribution in [3.63, 3.8) is 0 Å². The molecule has 2 atom stereocenters. The molecule has 0 bridgehead atoms. The number of aliphatic carboxylic acids is 1. The fraction of sp³-hybridized carbons (Fsp3) is 0.957. The van der Waals surface area contributed by atoms with E-state index in [9.17, 15) is 15.0 Å². The molecule has 0 aromatic carbocycles. The Bertz CT molecular complexity index is 395. The number of aliphatic hydroxyl groups excluding tert-OH is 1. The van der Waals surface area contributed by atoms with Gasteiger partial charge in [0, 0.05) is 6.42 Å². The van der Waals surface area contributed by atoms with Gasteiger partial charge in [0.25, 0.3) is 0 Å². The number of carbonyl (C=O) groups is 1. The number of aliphatic hydroxyl groups is 2. The van der Waals surface area contributed by atoms with Gasteiger partial charge in [0.05, 0.1) is 33.7 Å². The summed E-state index contributed by atoms with van der Waals surface area (Å²) in [7, 11) is 5.76. The third-order valence-electron chi connectivity index (χ3n) is 5.26. The van der Waals surface area contributed by atoms with Crippen LogP contribution in [0.5, 0.6) is 0 Å². The Balaban J connectivity index is 3.84. The zero-order chi connectivity index (χ0) is 21.5. The molecule has 3 N–H and O–H groups in total. The molecule has 0 saturated heterocycles. The van der Waals surface area contributed by atoms with Gasteiger partial charge in [-0.15, -0.1) is 0 Å². The molecule has 0 radical (unpaired) electrons. The molecule has 0 aromatic rings. The lowest BCUT2D eigenvalue weighted by Crippen LogP contribution is -2.51. The lowest BCUT2D eigenvalue weighted by molar-refractivity contribution is -0.877. The summed E-state index contributed by atoms with van der Waals surface area (Å²) in [4.78, 5) is 11.1. The van der Waals surface area contributed by atoms with Gasteiger partial charge in [-0.05, 0) is 6.42 Å². The monoisotopic (exact) mass is 402 g/mol. The van der Waals surface area contributed by atoms with E-state index in [0.29, 0.717) is 17.4 Å². The number of unbranched alkanes of at least 4 members (excludes halogenated alkanes) is 11. The van der Waals surface area contributed by atoms with Crippen LogP contribution in [0.15, 0.2) is 0 Å². The summed E-state index contributed by atoms with van der Waals surface area (Å²) in [5, 5.41) is 30.1. The molecule has 2 unspecified atom stereocenters. The zero-order valence-corrected chi connectivity index (χ0v) is 19.1. The van der Waals surface area contributed by atoms with Crippen LogP contribution in [0, 0.1) is 0 Å². The highest BCUT2D eigenvalue weighted by molar-refractivity contribution is 5.68. The second-order valence-corrected chi connectivity index (χ2v) is 9.78. The van der Waals surface area contributed by atoms with E-state index < -0.39 is 17.7 Å². The largest absolute Gasteiger partial charge is 0.481 e. The van der Waals surface area contributed by atoms with Crippen molar-refractivity contribution in [2.45, 2.75) is 115 Å². The van der Waals surface area contributed by atoms with E-state index in [2.05, 4.69) is 6.92 Å². The maximum Gasteiger partial charge on any atom is 0.306 e. The van der Waals surface area contributed by atoms with Crippen LogP contribution in [0.3, 0.4) is 0 Å². The molecule has 28 heavy (non-hydrogen) atoms. The summed E-state index contributed by atoms with van der Waals surface area (Å²) in [5.41, 5.74) is -1.36. The van der Waals surface area contributed by atoms with Crippen molar-refractivity contribution in [1.82, 2.24) is 0 Å². The lowest BCUT2D eigenvalue weighted by Gasteiger charge is -2.35. The average molecular weight is 403 g/mol. The van der Waals surface area contributed by atoms with E-state index >= 15 is 0 Å². The number of carboxylic acids is 1. The Kier molecular flexibility index (Phi) is 14.9. The smallest absolute Gasteiger partial charge is 0.306 e. The summed E-state index contributed by atoms with van der Waals surface area (Å²) in [6.45, 7) is 2.56. The quantitative estimate of drug-likeness (QED) is 0.215. The van der Waals surface area contributed by atoms with Gasteiger partial charge in [-0.25, -0.2) is 0 Å². The number of nitrogens with zero attached hydrogens (tertiary/aromatic N) is 1. The highest BCUT2D eigenvalue weighted by Crippen LogP contribution is 2.23. The summed E-state index contributed by atoms with van der Waals surface area (Å²) in [6.07, 6.45) is 15.1. The topological polar surface area (TPSA) is 77.8 Å². The van der Waals surface area contributed by atoms with Crippen molar-refractivity contribution in [3.05, 3.63) is 0 Å². The molecule has 0 saturated carbocycles. The minimum Gasteiger partial charge on any atom is -0.481 e. The van der Waals surface area contributed by atoms with Gasteiger partial charge in [-0.1, -0.05) is 84.0 Å². The minimum absolute atomic E-state index is 0.132. The normalized spacial score (nSPS) is 15.4. The van der Waals surface area contributed by atoms with E-state index in [1.165, 1.54) is 64.2 Å². The highest BCUT2D eigenvalue weighted by Gasteiger charge is 2.37. The molecule has 0 fully saturated rings. The van der Waals surface area contributed by atoms with Crippen LogP contribution in [-0.2, 0) is 4.79 Å². The predicted octanol–water partition coefficient (Wildman–Crippen LogP) is 4.74. The number of hydrogen-bond acceptors (Lipinski definition) is 3. The molecular formula is C23H48NO4+. The first-order chi connectivity index (χ1) is 13.1. The molecule has 168 valence electrons. The molecule has 0 aliphatic rings. The molecule has 5 nitrogen and oxygen atoms in total. The van der Waals surface area contributed by atoms with E-state index in [0.717, 1.165) is 12.8 Å². The van der Waals surface area contributed by atoms with Crippen molar-refractivity contribution in [2.75, 3.05) is 27.7 Å². The van der Waals surface area contributed by atoms with Crippen LogP contribution >= 0.6 is 0 Å². The van der Waals surface area contributed by atoms with Crippen LogP contribution in [-0.4, -0.2) is 65.2 Å². The predicted molar refractivity (Wildman–Crippen MR) is 116 cm³/mol. The first-order valence-corrected chi connectivity index (χ1v) is 11.5. The lowest BCUT2D eigenvalue weighted by atomic mass is 9.89. The molecule has 5 heteroatoms. The highest BCUT2D eigenvalue weighted by atomic mass is 16.4. The van der Waals surface area contributed by atoms with Gasteiger partial charge in [0.15, 0.2) is 0 Å². The molecule has 0 aliphatic carbocycles. The van der Waals surface area contributed by atoms with E-state index in [1.807, 2.05) is 21.1 Å². The van der Waals surface area contributed by atoms with Gasteiger partial charge in [0.2, 0.25) is 0 Å². The van der Waals surface area contributed by atoms with Crippen molar-refractivity contribution in [1.29, 1.82) is 0 Å². The van der Waals surface area contributed by atoms with Crippen molar-refractivity contribution in [2.24, 2.45) is 0 Å². The second kappa shape index (κ2) is 15.2. The van der Waals surface area contributed by atoms with Crippen molar-refractivity contribution >= 4 is 5.97 Å². The molecule has 0 spiro atoms. The Labute approximate surface area is 173 Å². The third-order valence-corrected chi connectivity index (χ3v) is 5.26. The Morgan fingerprint density at radius 2 is 1.29 bits per heavy atom. The number of quaternary nitrogens is 1. The number of hydrogen-bond donors (Lipinski definition) is 3. The fourth-order valence-corrected chi connectivity index (χ4v) is 4.12. The fourth-order valence-electron chi connectivity index (χ4n) is 4.12. The van der Waals surface area contributed by atoms with Crippen molar-refractivity contribution in [3.8, 4) is 0 Å². The van der Waals surface area contributed by atoms with Gasteiger partial charge in [-0.2, -0.15) is 0 Å². The standard InChI is InChI=1S/C23H47NO4/c1-5-6-7-8-9-10-11-12-13-14-15-16-17-21(25)18-23(28,19-22(26)27)20-24(2,3)4/h21,25,28H,5-20H2,1-4H3/p+1. The van der Waals surface area contributed by atoms with Crippen LogP contribution < -0.4 is 0 Å². The SMILES string of the molecule is CCCCCCCCCCCCCCC(O)CC(O)(CC(=O)O)C[N+](C)(C)C. The van der Waals surface area contributed by atoms with Gasteiger partial charge in [-0.3, -0.25) is 4.79 Å². The Hall–Kier alpha value is -0.650. The second-order valence-electron chi connectivity index (χ2n) is 9.78. The van der Waals surface area contributed by atoms with Gasteiger partial charge < -0.3 is 19.8 Å². The van der Waals surface area contributed by atoms with E-state index in [-0.39, 0.29) is 12.8 Å². The maximum absolute atomic E-state index is 11.1. The third kappa shape index (κ3) is 17.4. The first-order valence-electron chi connectivity index (χ1n) is 11.5. The first kappa shape index (κ1) is 27.4. The molecule has 0 amide bonds. The number of rotatable bonds is 19. The van der Waals surface area contributed by atoms with Crippen LogP contribution in [0.25, 0.3) is 0 Å². The van der Waals surface area contributed by atoms with E-state index in [4.69, 9.17) is 5.11 Å².